The molecule has 0 saturated carbocycles. The number of benzene rings is 2. The predicted octanol–water partition coefficient (Wildman–Crippen LogP) is 5.41. The molecule has 1 aromatic heterocycles. The Labute approximate surface area is 152 Å². The molecule has 1 N–H and O–H groups in total. The lowest BCUT2D eigenvalue weighted by atomic mass is 10.2. The molecule has 3 rings (SSSR count). The fourth-order valence-corrected chi connectivity index (χ4v) is 3.19. The summed E-state index contributed by atoms with van der Waals surface area (Å²) in [5, 5.41) is 9.50. The van der Waals surface area contributed by atoms with Crippen molar-refractivity contribution in [2.75, 3.05) is 4.72 Å². The maximum absolute atomic E-state index is 6.10. The van der Waals surface area contributed by atoms with Crippen molar-refractivity contribution in [3.8, 4) is 0 Å². The number of nitrogens with one attached hydrogen (secondary N) is 1. The predicted molar refractivity (Wildman–Crippen MR) is 96.5 cm³/mol. The fraction of sp³-hybridized carbons (Fsp3) is 0.0667. The van der Waals surface area contributed by atoms with E-state index in [1.807, 2.05) is 36.5 Å². The maximum Gasteiger partial charge on any atom is 0.0697 e. The third kappa shape index (κ3) is 4.32. The summed E-state index contributed by atoms with van der Waals surface area (Å²) in [6.07, 6.45) is 3.46. The highest BCUT2D eigenvalue weighted by atomic mass is 35.5. The van der Waals surface area contributed by atoms with Crippen LogP contribution in [0.25, 0.3) is 0 Å². The zero-order chi connectivity index (χ0) is 16.2. The number of hydrogen-bond donors (Lipinski definition) is 1. The largest absolute Gasteiger partial charge is 0.325 e. The van der Waals surface area contributed by atoms with Gasteiger partial charge in [0.1, 0.15) is 0 Å². The van der Waals surface area contributed by atoms with E-state index in [1.165, 1.54) is 11.9 Å². The molecule has 4 nitrogen and oxygen atoms in total. The lowest BCUT2D eigenvalue weighted by Gasteiger charge is -2.12. The summed E-state index contributed by atoms with van der Waals surface area (Å²) in [6, 6.07) is 11.2. The molecule has 0 atom stereocenters. The van der Waals surface area contributed by atoms with Crippen molar-refractivity contribution in [3.05, 3.63) is 69.4 Å². The number of hydrogen-bond acceptors (Lipinski definition) is 4. The zero-order valence-electron chi connectivity index (χ0n) is 11.7. The molecular formula is C15H11Cl3N4S. The normalized spacial score (nSPS) is 10.7. The first-order chi connectivity index (χ1) is 11.1. The molecule has 0 fully saturated rings. The van der Waals surface area contributed by atoms with Crippen LogP contribution in [0, 0.1) is 0 Å². The van der Waals surface area contributed by atoms with E-state index >= 15 is 0 Å². The third-order valence-electron chi connectivity index (χ3n) is 3.05. The molecule has 3 aromatic rings. The Hall–Kier alpha value is -1.40. The van der Waals surface area contributed by atoms with Crippen molar-refractivity contribution >= 4 is 52.4 Å². The molecule has 8 heteroatoms. The summed E-state index contributed by atoms with van der Waals surface area (Å²) in [4.78, 5) is 0.950. The standard InChI is InChI=1S/C15H11Cl3N4S/c16-11-2-1-10(9-22-6-5-19-21-22)15(7-11)20-23-12-3-4-13(17)14(18)8-12/h1-8,20H,9H2. The van der Waals surface area contributed by atoms with E-state index < -0.39 is 0 Å². The van der Waals surface area contributed by atoms with E-state index in [1.54, 1.807) is 16.9 Å². The van der Waals surface area contributed by atoms with Crippen LogP contribution < -0.4 is 4.72 Å². The second-order valence-corrected chi connectivity index (χ2v) is 6.81. The minimum atomic E-state index is 0.521. The number of rotatable bonds is 5. The summed E-state index contributed by atoms with van der Waals surface area (Å²) in [5.41, 5.74) is 1.96. The van der Waals surface area contributed by atoms with Gasteiger partial charge in [0.2, 0.25) is 0 Å². The third-order valence-corrected chi connectivity index (χ3v) is 4.83. The number of nitrogens with zero attached hydrogens (tertiary/aromatic N) is 3. The Morgan fingerprint density at radius 1 is 1.04 bits per heavy atom. The summed E-state index contributed by atoms with van der Waals surface area (Å²) in [6.45, 7) is 0.599. The van der Waals surface area contributed by atoms with Crippen LogP contribution in [0.1, 0.15) is 5.56 Å². The molecule has 0 saturated heterocycles. The van der Waals surface area contributed by atoms with Gasteiger partial charge in [-0.05, 0) is 47.8 Å². The van der Waals surface area contributed by atoms with Gasteiger partial charge in [-0.2, -0.15) is 0 Å². The first-order valence-corrected chi connectivity index (χ1v) is 8.57. The van der Waals surface area contributed by atoms with Gasteiger partial charge in [0.15, 0.2) is 0 Å². The minimum Gasteiger partial charge on any atom is -0.325 e. The van der Waals surface area contributed by atoms with Crippen molar-refractivity contribution in [1.29, 1.82) is 0 Å². The van der Waals surface area contributed by atoms with E-state index in [9.17, 15) is 0 Å². The molecule has 118 valence electrons. The van der Waals surface area contributed by atoms with Crippen LogP contribution in [-0.4, -0.2) is 15.0 Å². The minimum absolute atomic E-state index is 0.521. The number of anilines is 1. The summed E-state index contributed by atoms with van der Waals surface area (Å²) in [5.74, 6) is 0. The maximum atomic E-state index is 6.10. The summed E-state index contributed by atoms with van der Waals surface area (Å²) >= 11 is 19.5. The van der Waals surface area contributed by atoms with E-state index in [0.29, 0.717) is 21.6 Å². The molecule has 0 aliphatic rings. The summed E-state index contributed by atoms with van der Waals surface area (Å²) < 4.78 is 5.05. The average Bonchev–Trinajstić information content (AvgIpc) is 3.04. The molecule has 0 aliphatic carbocycles. The Bertz CT molecular complexity index is 808. The second kappa shape index (κ2) is 7.45. The molecule has 0 amide bonds. The molecule has 0 bridgehead atoms. The van der Waals surface area contributed by atoms with Crippen LogP contribution in [-0.2, 0) is 6.54 Å². The first-order valence-electron chi connectivity index (χ1n) is 6.62. The number of aromatic nitrogens is 3. The van der Waals surface area contributed by atoms with Gasteiger partial charge in [-0.3, -0.25) is 0 Å². The Balaban J connectivity index is 1.78. The molecule has 0 aliphatic heterocycles. The molecule has 23 heavy (non-hydrogen) atoms. The van der Waals surface area contributed by atoms with Crippen LogP contribution in [0.5, 0.6) is 0 Å². The summed E-state index contributed by atoms with van der Waals surface area (Å²) in [7, 11) is 0. The molecule has 0 unspecified atom stereocenters. The quantitative estimate of drug-likeness (QED) is 0.597. The van der Waals surface area contributed by atoms with Crippen LogP contribution in [0.15, 0.2) is 53.7 Å². The zero-order valence-corrected chi connectivity index (χ0v) is 14.8. The highest BCUT2D eigenvalue weighted by Gasteiger charge is 2.07. The van der Waals surface area contributed by atoms with Crippen molar-refractivity contribution in [2.45, 2.75) is 11.4 Å². The van der Waals surface area contributed by atoms with Crippen LogP contribution in [0.4, 0.5) is 5.69 Å². The monoisotopic (exact) mass is 384 g/mol. The van der Waals surface area contributed by atoms with Gasteiger partial charge in [-0.15, -0.1) is 5.10 Å². The van der Waals surface area contributed by atoms with E-state index in [2.05, 4.69) is 15.0 Å². The topological polar surface area (TPSA) is 42.7 Å². The first kappa shape index (κ1) is 16.5. The molecule has 1 heterocycles. The second-order valence-electron chi connectivity index (χ2n) is 4.68. The average molecular weight is 386 g/mol. The molecule has 0 radical (unpaired) electrons. The highest BCUT2D eigenvalue weighted by Crippen LogP contribution is 2.31. The van der Waals surface area contributed by atoms with Crippen LogP contribution in [0.2, 0.25) is 15.1 Å². The van der Waals surface area contributed by atoms with Crippen molar-refractivity contribution < 1.29 is 0 Å². The molecule has 2 aromatic carbocycles. The van der Waals surface area contributed by atoms with Gasteiger partial charge in [0.05, 0.1) is 28.5 Å². The Morgan fingerprint density at radius 2 is 1.91 bits per heavy atom. The van der Waals surface area contributed by atoms with Gasteiger partial charge in [0.25, 0.3) is 0 Å². The van der Waals surface area contributed by atoms with Crippen molar-refractivity contribution in [3.63, 3.8) is 0 Å². The van der Waals surface area contributed by atoms with Gasteiger partial charge < -0.3 is 4.72 Å². The lowest BCUT2D eigenvalue weighted by Crippen LogP contribution is -2.03. The van der Waals surface area contributed by atoms with Gasteiger partial charge in [-0.1, -0.05) is 46.1 Å². The molecule has 0 spiro atoms. The van der Waals surface area contributed by atoms with E-state index in [-0.39, 0.29) is 0 Å². The van der Waals surface area contributed by atoms with Crippen LogP contribution >= 0.6 is 46.8 Å². The van der Waals surface area contributed by atoms with Gasteiger partial charge in [0, 0.05) is 16.1 Å². The van der Waals surface area contributed by atoms with Gasteiger partial charge in [-0.25, -0.2) is 4.68 Å². The number of halogens is 3. The smallest absolute Gasteiger partial charge is 0.0697 e. The Morgan fingerprint density at radius 3 is 2.65 bits per heavy atom. The van der Waals surface area contributed by atoms with Crippen molar-refractivity contribution in [2.24, 2.45) is 0 Å². The Kier molecular flexibility index (Phi) is 5.33. The molecular weight excluding hydrogens is 375 g/mol. The van der Waals surface area contributed by atoms with Crippen molar-refractivity contribution in [1.82, 2.24) is 15.0 Å². The highest BCUT2D eigenvalue weighted by molar-refractivity contribution is 8.00. The fourth-order valence-electron chi connectivity index (χ4n) is 1.93. The van der Waals surface area contributed by atoms with Gasteiger partial charge >= 0.3 is 0 Å². The SMILES string of the molecule is Clc1ccc(Cn2ccnn2)c(NSc2ccc(Cl)c(Cl)c2)c1. The van der Waals surface area contributed by atoms with Crippen LogP contribution in [0.3, 0.4) is 0 Å². The van der Waals surface area contributed by atoms with E-state index in [4.69, 9.17) is 34.8 Å². The lowest BCUT2D eigenvalue weighted by molar-refractivity contribution is 0.651. The van der Waals surface area contributed by atoms with E-state index in [0.717, 1.165) is 16.1 Å².